The number of hydrogen-bond donors (Lipinski definition) is 1. The highest BCUT2D eigenvalue weighted by Crippen LogP contribution is 2.11. The SMILES string of the molecule is CCNCc1cc(OCCCOCCOC)ccn1. The Morgan fingerprint density at radius 3 is 2.89 bits per heavy atom. The van der Waals surface area contributed by atoms with Crippen molar-refractivity contribution in [2.75, 3.05) is 40.1 Å². The van der Waals surface area contributed by atoms with Gasteiger partial charge in [0.25, 0.3) is 0 Å². The maximum absolute atomic E-state index is 5.65. The van der Waals surface area contributed by atoms with Gasteiger partial charge in [0.1, 0.15) is 5.75 Å². The number of methoxy groups -OCH3 is 1. The fraction of sp³-hybridized carbons (Fsp3) is 0.643. The van der Waals surface area contributed by atoms with Crippen LogP contribution in [0.2, 0.25) is 0 Å². The highest BCUT2D eigenvalue weighted by molar-refractivity contribution is 5.22. The zero-order valence-electron chi connectivity index (χ0n) is 11.9. The molecule has 1 heterocycles. The summed E-state index contributed by atoms with van der Waals surface area (Å²) >= 11 is 0. The summed E-state index contributed by atoms with van der Waals surface area (Å²) < 4.78 is 15.9. The molecule has 1 rings (SSSR count). The first-order chi connectivity index (χ1) is 9.36. The van der Waals surface area contributed by atoms with E-state index < -0.39 is 0 Å². The topological polar surface area (TPSA) is 52.6 Å². The molecule has 0 radical (unpaired) electrons. The van der Waals surface area contributed by atoms with E-state index in [1.807, 2.05) is 12.1 Å². The highest BCUT2D eigenvalue weighted by Gasteiger charge is 1.98. The number of ether oxygens (including phenoxy) is 3. The van der Waals surface area contributed by atoms with Crippen LogP contribution in [-0.4, -0.2) is 45.1 Å². The average molecular weight is 268 g/mol. The molecule has 0 unspecified atom stereocenters. The van der Waals surface area contributed by atoms with E-state index in [4.69, 9.17) is 14.2 Å². The van der Waals surface area contributed by atoms with E-state index in [2.05, 4.69) is 17.2 Å². The van der Waals surface area contributed by atoms with Crippen molar-refractivity contribution in [3.63, 3.8) is 0 Å². The lowest BCUT2D eigenvalue weighted by Crippen LogP contribution is -2.13. The minimum Gasteiger partial charge on any atom is -0.493 e. The van der Waals surface area contributed by atoms with Crippen LogP contribution in [0.5, 0.6) is 5.75 Å². The van der Waals surface area contributed by atoms with Crippen molar-refractivity contribution >= 4 is 0 Å². The second kappa shape index (κ2) is 10.7. The molecule has 0 aliphatic carbocycles. The predicted octanol–water partition coefficient (Wildman–Crippen LogP) is 1.62. The molecule has 1 N–H and O–H groups in total. The largest absolute Gasteiger partial charge is 0.493 e. The average Bonchev–Trinajstić information content (AvgIpc) is 2.44. The number of hydrogen-bond acceptors (Lipinski definition) is 5. The normalized spacial score (nSPS) is 10.6. The Morgan fingerprint density at radius 2 is 2.11 bits per heavy atom. The first-order valence-electron chi connectivity index (χ1n) is 6.72. The summed E-state index contributed by atoms with van der Waals surface area (Å²) in [6.07, 6.45) is 2.64. The van der Waals surface area contributed by atoms with Crippen LogP contribution in [0, 0.1) is 0 Å². The van der Waals surface area contributed by atoms with Crippen LogP contribution >= 0.6 is 0 Å². The molecule has 0 atom stereocenters. The highest BCUT2D eigenvalue weighted by atomic mass is 16.5. The lowest BCUT2D eigenvalue weighted by molar-refractivity contribution is 0.0644. The quantitative estimate of drug-likeness (QED) is 0.618. The van der Waals surface area contributed by atoms with Crippen molar-refractivity contribution in [2.45, 2.75) is 19.9 Å². The number of aromatic nitrogens is 1. The molecule has 5 nitrogen and oxygen atoms in total. The minimum atomic E-state index is 0.637. The number of rotatable bonds is 11. The van der Waals surface area contributed by atoms with Crippen LogP contribution in [0.4, 0.5) is 0 Å². The molecule has 0 aliphatic heterocycles. The van der Waals surface area contributed by atoms with Crippen molar-refractivity contribution in [3.05, 3.63) is 24.0 Å². The monoisotopic (exact) mass is 268 g/mol. The Bertz CT molecular complexity index is 334. The fourth-order valence-corrected chi connectivity index (χ4v) is 1.49. The molecule has 1 aromatic rings. The van der Waals surface area contributed by atoms with Crippen LogP contribution in [0.25, 0.3) is 0 Å². The van der Waals surface area contributed by atoms with E-state index in [1.165, 1.54) is 0 Å². The molecular weight excluding hydrogens is 244 g/mol. The summed E-state index contributed by atoms with van der Waals surface area (Å²) in [7, 11) is 1.67. The van der Waals surface area contributed by atoms with Crippen LogP contribution in [-0.2, 0) is 16.0 Å². The molecule has 0 fully saturated rings. The van der Waals surface area contributed by atoms with E-state index in [0.717, 1.165) is 31.0 Å². The van der Waals surface area contributed by atoms with Crippen LogP contribution in [0.1, 0.15) is 19.0 Å². The van der Waals surface area contributed by atoms with Crippen molar-refractivity contribution in [2.24, 2.45) is 0 Å². The Labute approximate surface area is 115 Å². The van der Waals surface area contributed by atoms with Gasteiger partial charge in [-0.15, -0.1) is 0 Å². The summed E-state index contributed by atoms with van der Waals surface area (Å²) in [5, 5.41) is 3.24. The van der Waals surface area contributed by atoms with Crippen LogP contribution < -0.4 is 10.1 Å². The smallest absolute Gasteiger partial charge is 0.122 e. The van der Waals surface area contributed by atoms with E-state index >= 15 is 0 Å². The van der Waals surface area contributed by atoms with Gasteiger partial charge in [0.2, 0.25) is 0 Å². The lowest BCUT2D eigenvalue weighted by atomic mass is 10.3. The first kappa shape index (κ1) is 15.9. The summed E-state index contributed by atoms with van der Waals surface area (Å²) in [4.78, 5) is 4.27. The lowest BCUT2D eigenvalue weighted by Gasteiger charge is -2.08. The van der Waals surface area contributed by atoms with Gasteiger partial charge in [-0.3, -0.25) is 4.98 Å². The third-order valence-corrected chi connectivity index (χ3v) is 2.48. The molecule has 0 aliphatic rings. The van der Waals surface area contributed by atoms with Gasteiger partial charge >= 0.3 is 0 Å². The van der Waals surface area contributed by atoms with Crippen molar-refractivity contribution in [1.29, 1.82) is 0 Å². The summed E-state index contributed by atoms with van der Waals surface area (Å²) in [5.41, 5.74) is 0.996. The fourth-order valence-electron chi connectivity index (χ4n) is 1.49. The van der Waals surface area contributed by atoms with Crippen LogP contribution in [0.3, 0.4) is 0 Å². The van der Waals surface area contributed by atoms with Crippen molar-refractivity contribution < 1.29 is 14.2 Å². The summed E-state index contributed by atoms with van der Waals surface area (Å²) in [6.45, 7) is 6.40. The summed E-state index contributed by atoms with van der Waals surface area (Å²) in [5.74, 6) is 0.861. The maximum atomic E-state index is 5.65. The Balaban J connectivity index is 2.14. The molecule has 0 amide bonds. The van der Waals surface area contributed by atoms with Gasteiger partial charge in [0.05, 0.1) is 25.5 Å². The summed E-state index contributed by atoms with van der Waals surface area (Å²) in [6, 6.07) is 3.84. The molecule has 0 saturated heterocycles. The van der Waals surface area contributed by atoms with Gasteiger partial charge in [-0.1, -0.05) is 6.92 Å². The van der Waals surface area contributed by atoms with E-state index in [9.17, 15) is 0 Å². The molecule has 0 saturated carbocycles. The molecule has 19 heavy (non-hydrogen) atoms. The molecule has 0 bridgehead atoms. The van der Waals surface area contributed by atoms with Gasteiger partial charge in [0, 0.05) is 38.9 Å². The van der Waals surface area contributed by atoms with Gasteiger partial charge < -0.3 is 19.5 Å². The van der Waals surface area contributed by atoms with Crippen molar-refractivity contribution in [1.82, 2.24) is 10.3 Å². The Hall–Kier alpha value is -1.17. The number of nitrogens with one attached hydrogen (secondary N) is 1. The van der Waals surface area contributed by atoms with E-state index in [0.29, 0.717) is 26.4 Å². The standard InChI is InChI=1S/C14H24N2O3/c1-3-15-12-13-11-14(5-6-16-13)19-8-4-7-18-10-9-17-2/h5-6,11,15H,3-4,7-10,12H2,1-2H3. The first-order valence-corrected chi connectivity index (χ1v) is 6.72. The minimum absolute atomic E-state index is 0.637. The van der Waals surface area contributed by atoms with E-state index in [-0.39, 0.29) is 0 Å². The maximum Gasteiger partial charge on any atom is 0.122 e. The number of nitrogens with zero attached hydrogens (tertiary/aromatic N) is 1. The van der Waals surface area contributed by atoms with E-state index in [1.54, 1.807) is 13.3 Å². The Morgan fingerprint density at radius 1 is 1.21 bits per heavy atom. The second-order valence-corrected chi connectivity index (χ2v) is 4.07. The third kappa shape index (κ3) is 7.77. The molecule has 108 valence electrons. The van der Waals surface area contributed by atoms with Gasteiger partial charge in [-0.2, -0.15) is 0 Å². The molecule has 1 aromatic heterocycles. The molecule has 0 spiro atoms. The van der Waals surface area contributed by atoms with Crippen molar-refractivity contribution in [3.8, 4) is 5.75 Å². The zero-order valence-corrected chi connectivity index (χ0v) is 11.9. The van der Waals surface area contributed by atoms with Gasteiger partial charge in [-0.25, -0.2) is 0 Å². The molecule has 0 aromatic carbocycles. The molecule has 5 heteroatoms. The van der Waals surface area contributed by atoms with Crippen LogP contribution in [0.15, 0.2) is 18.3 Å². The molecular formula is C14H24N2O3. The predicted molar refractivity (Wildman–Crippen MR) is 74.4 cm³/mol. The van der Waals surface area contributed by atoms with Gasteiger partial charge in [0.15, 0.2) is 0 Å². The Kier molecular flexibility index (Phi) is 8.97. The second-order valence-electron chi connectivity index (χ2n) is 4.07. The number of pyridine rings is 1. The van der Waals surface area contributed by atoms with Gasteiger partial charge in [-0.05, 0) is 12.6 Å². The third-order valence-electron chi connectivity index (χ3n) is 2.48. The zero-order chi connectivity index (χ0) is 13.8.